The summed E-state index contributed by atoms with van der Waals surface area (Å²) in [6.45, 7) is 3.07. The van der Waals surface area contributed by atoms with Crippen molar-refractivity contribution < 1.29 is 9.18 Å². The fraction of sp³-hybridized carbons (Fsp3) is 0.368. The monoisotopic (exact) mass is 385 g/mol. The number of aryl methyl sites for hydroxylation is 1. The lowest BCUT2D eigenvalue weighted by Crippen LogP contribution is -2.44. The van der Waals surface area contributed by atoms with Gasteiger partial charge >= 0.3 is 0 Å². The van der Waals surface area contributed by atoms with Gasteiger partial charge in [-0.05, 0) is 38.0 Å². The molecule has 6 nitrogen and oxygen atoms in total. The number of benzene rings is 1. The molecule has 1 saturated heterocycles. The van der Waals surface area contributed by atoms with Gasteiger partial charge in [0.2, 0.25) is 11.9 Å². The number of carbonyl (C=O) groups is 1. The molecule has 1 fully saturated rings. The summed E-state index contributed by atoms with van der Waals surface area (Å²) in [6, 6.07) is 4.22. The molecular weight excluding hydrogens is 365 g/mol. The van der Waals surface area contributed by atoms with Gasteiger partial charge in [-0.3, -0.25) is 4.79 Å². The van der Waals surface area contributed by atoms with Crippen LogP contribution in [0, 0.1) is 12.7 Å². The minimum Gasteiger partial charge on any atom is -0.337 e. The Morgan fingerprint density at radius 2 is 2.26 bits per heavy atom. The number of hydrogen-bond donors (Lipinski definition) is 0. The summed E-state index contributed by atoms with van der Waals surface area (Å²) in [4.78, 5) is 30.1. The molecule has 140 valence electrons. The van der Waals surface area contributed by atoms with Crippen molar-refractivity contribution in [2.75, 3.05) is 18.5 Å². The number of likely N-dealkylation sites (N-methyl/N-ethyl adjacent to an activating group) is 1. The van der Waals surface area contributed by atoms with Crippen LogP contribution in [0.15, 0.2) is 29.8 Å². The Morgan fingerprint density at radius 3 is 3.04 bits per heavy atom. The third-order valence-corrected chi connectivity index (χ3v) is 5.63. The molecular formula is C19H20FN5OS. The van der Waals surface area contributed by atoms with Crippen LogP contribution in [0.4, 0.5) is 10.3 Å². The lowest BCUT2D eigenvalue weighted by atomic mass is 10.2. The molecule has 27 heavy (non-hydrogen) atoms. The van der Waals surface area contributed by atoms with Gasteiger partial charge in [0.25, 0.3) is 0 Å². The van der Waals surface area contributed by atoms with E-state index in [0.717, 1.165) is 24.4 Å². The third kappa shape index (κ3) is 3.49. The zero-order valence-corrected chi connectivity index (χ0v) is 16.0. The minimum atomic E-state index is -0.306. The quantitative estimate of drug-likeness (QED) is 0.690. The lowest BCUT2D eigenvalue weighted by Gasteiger charge is -2.28. The van der Waals surface area contributed by atoms with Crippen LogP contribution in [0.2, 0.25) is 0 Å². The largest absolute Gasteiger partial charge is 0.337 e. The molecule has 0 N–H and O–H groups in total. The van der Waals surface area contributed by atoms with Crippen LogP contribution in [-0.2, 0) is 11.3 Å². The first kappa shape index (κ1) is 17.8. The van der Waals surface area contributed by atoms with E-state index in [4.69, 9.17) is 0 Å². The number of halogens is 1. The second-order valence-electron chi connectivity index (χ2n) is 6.74. The number of carbonyl (C=O) groups excluding carboxylic acids is 1. The standard InChI is InChI=1S/C19H20FN5OS/c1-12-14-10-13(20)5-6-15(14)23-19(22-12)25-8-3-4-16(25)18(26)24(2)11-17-21-7-9-27-17/h5-7,9-10,16H,3-4,8,11H2,1-2H3/t16-/m1/s1. The highest BCUT2D eigenvalue weighted by molar-refractivity contribution is 7.09. The van der Waals surface area contributed by atoms with Crippen molar-refractivity contribution in [3.05, 3.63) is 46.3 Å². The van der Waals surface area contributed by atoms with Gasteiger partial charge in [0.15, 0.2) is 0 Å². The summed E-state index contributed by atoms with van der Waals surface area (Å²) in [5.41, 5.74) is 1.40. The van der Waals surface area contributed by atoms with Gasteiger partial charge in [0.05, 0.1) is 17.8 Å². The normalized spacial score (nSPS) is 16.9. The Kier molecular flexibility index (Phi) is 4.73. The molecule has 1 atom stereocenters. The van der Waals surface area contributed by atoms with Gasteiger partial charge in [-0.1, -0.05) is 0 Å². The topological polar surface area (TPSA) is 62.2 Å². The Hall–Kier alpha value is -2.61. The molecule has 8 heteroatoms. The number of fused-ring (bicyclic) bond motifs is 1. The number of hydrogen-bond acceptors (Lipinski definition) is 6. The molecule has 0 spiro atoms. The molecule has 1 aliphatic heterocycles. The molecule has 1 aliphatic rings. The SMILES string of the molecule is Cc1nc(N2CCC[C@@H]2C(=O)N(C)Cc2nccs2)nc2ccc(F)cc12. The van der Waals surface area contributed by atoms with Crippen molar-refractivity contribution in [2.24, 2.45) is 0 Å². The highest BCUT2D eigenvalue weighted by Gasteiger charge is 2.34. The van der Waals surface area contributed by atoms with Crippen molar-refractivity contribution in [2.45, 2.75) is 32.4 Å². The van der Waals surface area contributed by atoms with E-state index >= 15 is 0 Å². The van der Waals surface area contributed by atoms with Crippen LogP contribution in [0.25, 0.3) is 10.9 Å². The zero-order chi connectivity index (χ0) is 19.0. The molecule has 0 aliphatic carbocycles. The Labute approximate surface area is 160 Å². The van der Waals surface area contributed by atoms with E-state index in [2.05, 4.69) is 15.0 Å². The van der Waals surface area contributed by atoms with Gasteiger partial charge in [-0.15, -0.1) is 11.3 Å². The number of amides is 1. The van der Waals surface area contributed by atoms with Crippen LogP contribution in [0.3, 0.4) is 0 Å². The number of aromatic nitrogens is 3. The van der Waals surface area contributed by atoms with E-state index in [-0.39, 0.29) is 17.8 Å². The Morgan fingerprint density at radius 1 is 1.41 bits per heavy atom. The predicted molar refractivity (Wildman–Crippen MR) is 103 cm³/mol. The summed E-state index contributed by atoms with van der Waals surface area (Å²) < 4.78 is 13.5. The van der Waals surface area contributed by atoms with Gasteiger partial charge in [0.1, 0.15) is 16.9 Å². The summed E-state index contributed by atoms with van der Waals surface area (Å²) in [5, 5.41) is 3.52. The van der Waals surface area contributed by atoms with Crippen LogP contribution in [-0.4, -0.2) is 45.4 Å². The maximum absolute atomic E-state index is 13.5. The van der Waals surface area contributed by atoms with Gasteiger partial charge in [-0.2, -0.15) is 0 Å². The first-order valence-electron chi connectivity index (χ1n) is 8.87. The van der Waals surface area contributed by atoms with E-state index in [1.54, 1.807) is 24.2 Å². The molecule has 0 saturated carbocycles. The fourth-order valence-corrected chi connectivity index (χ4v) is 4.16. The van der Waals surface area contributed by atoms with E-state index in [1.807, 2.05) is 17.2 Å². The van der Waals surface area contributed by atoms with E-state index in [1.165, 1.54) is 23.5 Å². The minimum absolute atomic E-state index is 0.0446. The molecule has 4 rings (SSSR count). The average Bonchev–Trinajstić information content (AvgIpc) is 3.33. The van der Waals surface area contributed by atoms with Gasteiger partial charge in [-0.25, -0.2) is 19.3 Å². The average molecular weight is 385 g/mol. The van der Waals surface area contributed by atoms with Crippen LogP contribution in [0.1, 0.15) is 23.5 Å². The van der Waals surface area contributed by atoms with Crippen molar-refractivity contribution in [1.82, 2.24) is 19.9 Å². The summed E-state index contributed by atoms with van der Waals surface area (Å²) in [6.07, 6.45) is 3.42. The maximum Gasteiger partial charge on any atom is 0.245 e. The molecule has 0 radical (unpaired) electrons. The second-order valence-corrected chi connectivity index (χ2v) is 7.72. The number of anilines is 1. The summed E-state index contributed by atoms with van der Waals surface area (Å²) in [5.74, 6) is 0.272. The summed E-state index contributed by atoms with van der Waals surface area (Å²) >= 11 is 1.54. The van der Waals surface area contributed by atoms with Crippen LogP contribution < -0.4 is 4.90 Å². The molecule has 0 unspecified atom stereocenters. The number of nitrogens with zero attached hydrogens (tertiary/aromatic N) is 5. The van der Waals surface area contributed by atoms with Crippen molar-refractivity contribution in [3.63, 3.8) is 0 Å². The molecule has 2 aromatic heterocycles. The first-order valence-corrected chi connectivity index (χ1v) is 9.75. The Balaban J connectivity index is 1.60. The third-order valence-electron chi connectivity index (χ3n) is 4.86. The van der Waals surface area contributed by atoms with Crippen molar-refractivity contribution in [1.29, 1.82) is 0 Å². The molecule has 1 aromatic carbocycles. The van der Waals surface area contributed by atoms with E-state index in [0.29, 0.717) is 29.1 Å². The first-order chi connectivity index (χ1) is 13.0. The smallest absolute Gasteiger partial charge is 0.245 e. The molecule has 3 heterocycles. The number of thiazole rings is 1. The van der Waals surface area contributed by atoms with Gasteiger partial charge < -0.3 is 9.80 Å². The second kappa shape index (κ2) is 7.19. The van der Waals surface area contributed by atoms with Gasteiger partial charge in [0, 0.05) is 30.6 Å². The number of rotatable bonds is 4. The van der Waals surface area contributed by atoms with Crippen molar-refractivity contribution in [3.8, 4) is 0 Å². The maximum atomic E-state index is 13.5. The highest BCUT2D eigenvalue weighted by atomic mass is 32.1. The van der Waals surface area contributed by atoms with Crippen LogP contribution in [0.5, 0.6) is 0 Å². The van der Waals surface area contributed by atoms with E-state index in [9.17, 15) is 9.18 Å². The molecule has 3 aromatic rings. The van der Waals surface area contributed by atoms with Crippen molar-refractivity contribution >= 4 is 34.1 Å². The molecule has 0 bridgehead atoms. The lowest BCUT2D eigenvalue weighted by molar-refractivity contribution is -0.131. The summed E-state index contributed by atoms with van der Waals surface area (Å²) in [7, 11) is 1.80. The molecule has 1 amide bonds. The fourth-order valence-electron chi connectivity index (χ4n) is 3.50. The zero-order valence-electron chi connectivity index (χ0n) is 15.2. The predicted octanol–water partition coefficient (Wildman–Crippen LogP) is 3.16. The Bertz CT molecular complexity index is 978. The van der Waals surface area contributed by atoms with Crippen LogP contribution >= 0.6 is 11.3 Å². The highest BCUT2D eigenvalue weighted by Crippen LogP contribution is 2.27. The van der Waals surface area contributed by atoms with E-state index < -0.39 is 0 Å².